The lowest BCUT2D eigenvalue weighted by atomic mass is 10.0. The van der Waals surface area contributed by atoms with Crippen molar-refractivity contribution in [3.63, 3.8) is 0 Å². The van der Waals surface area contributed by atoms with Crippen molar-refractivity contribution in [2.45, 2.75) is 19.1 Å². The molecule has 0 aliphatic rings. The second kappa shape index (κ2) is 9.09. The third-order valence-electron chi connectivity index (χ3n) is 5.31. The zero-order valence-corrected chi connectivity index (χ0v) is 18.7. The molecule has 0 bridgehead atoms. The van der Waals surface area contributed by atoms with E-state index in [4.69, 9.17) is 5.73 Å². The SMILES string of the molecule is C[C@@H](NC(=O)c1ccc(=O)n(-c2cccc(-c3cnn(C)c3)c2)n1)c1cc(N)cc(C(F)(F)F)c1. The van der Waals surface area contributed by atoms with Crippen molar-refractivity contribution in [2.24, 2.45) is 7.05 Å². The van der Waals surface area contributed by atoms with Gasteiger partial charge < -0.3 is 11.1 Å². The van der Waals surface area contributed by atoms with Crippen LogP contribution in [0.1, 0.15) is 34.6 Å². The number of amides is 1. The van der Waals surface area contributed by atoms with Gasteiger partial charge in [-0.1, -0.05) is 12.1 Å². The highest BCUT2D eigenvalue weighted by Gasteiger charge is 2.31. The van der Waals surface area contributed by atoms with Crippen LogP contribution in [0, 0.1) is 0 Å². The number of nitrogen functional groups attached to an aromatic ring is 1. The zero-order chi connectivity index (χ0) is 25.3. The number of halogens is 3. The summed E-state index contributed by atoms with van der Waals surface area (Å²) in [4.78, 5) is 25.3. The van der Waals surface area contributed by atoms with Crippen LogP contribution in [0.5, 0.6) is 0 Å². The van der Waals surface area contributed by atoms with Gasteiger partial charge in [-0.15, -0.1) is 0 Å². The van der Waals surface area contributed by atoms with Gasteiger partial charge in [0.2, 0.25) is 0 Å². The fourth-order valence-corrected chi connectivity index (χ4v) is 3.55. The molecule has 2 aromatic carbocycles. The Morgan fingerprint density at radius 3 is 2.54 bits per heavy atom. The van der Waals surface area contributed by atoms with Crippen molar-refractivity contribution >= 4 is 11.6 Å². The fourth-order valence-electron chi connectivity index (χ4n) is 3.55. The van der Waals surface area contributed by atoms with Crippen LogP contribution in [0.15, 0.2) is 71.8 Å². The van der Waals surface area contributed by atoms with Gasteiger partial charge in [0, 0.05) is 30.6 Å². The summed E-state index contributed by atoms with van der Waals surface area (Å²) >= 11 is 0. The van der Waals surface area contributed by atoms with E-state index in [0.717, 1.165) is 27.9 Å². The first-order valence-electron chi connectivity index (χ1n) is 10.5. The lowest BCUT2D eigenvalue weighted by Gasteiger charge is -2.17. The molecule has 1 atom stereocenters. The number of carbonyl (C=O) groups excluding carboxylic acids is 1. The molecule has 3 N–H and O–H groups in total. The standard InChI is InChI=1S/C24H21F3N6O2/c1-14(16-8-18(24(25,26)27)11-19(28)9-16)30-23(35)21-6-7-22(34)33(31-21)20-5-3-4-15(10-20)17-12-29-32(2)13-17/h3-14H,28H2,1-2H3,(H,30,35)/t14-/m1/s1. The van der Waals surface area contributed by atoms with E-state index in [2.05, 4.69) is 15.5 Å². The van der Waals surface area contributed by atoms with Gasteiger partial charge in [0.15, 0.2) is 0 Å². The Kier molecular flexibility index (Phi) is 6.16. The van der Waals surface area contributed by atoms with Gasteiger partial charge >= 0.3 is 6.18 Å². The normalized spacial score (nSPS) is 12.4. The maximum atomic E-state index is 13.1. The number of aryl methyl sites for hydroxylation is 1. The van der Waals surface area contributed by atoms with E-state index < -0.39 is 29.2 Å². The summed E-state index contributed by atoms with van der Waals surface area (Å²) in [7, 11) is 1.79. The minimum Gasteiger partial charge on any atom is -0.399 e. The average molecular weight is 482 g/mol. The molecular formula is C24H21F3N6O2. The number of hydrogen-bond acceptors (Lipinski definition) is 5. The van der Waals surface area contributed by atoms with Crippen LogP contribution >= 0.6 is 0 Å². The molecule has 0 aliphatic carbocycles. The van der Waals surface area contributed by atoms with E-state index in [-0.39, 0.29) is 16.9 Å². The summed E-state index contributed by atoms with van der Waals surface area (Å²) in [6, 6.07) is 11.8. The molecule has 4 aromatic rings. The molecule has 11 heteroatoms. The molecule has 1 amide bonds. The second-order valence-corrected chi connectivity index (χ2v) is 8.00. The zero-order valence-electron chi connectivity index (χ0n) is 18.7. The smallest absolute Gasteiger partial charge is 0.399 e. The second-order valence-electron chi connectivity index (χ2n) is 8.00. The summed E-state index contributed by atoms with van der Waals surface area (Å²) in [5.41, 5.74) is 6.36. The first kappa shape index (κ1) is 23.7. The minimum absolute atomic E-state index is 0.0731. The van der Waals surface area contributed by atoms with Crippen LogP contribution in [0.3, 0.4) is 0 Å². The van der Waals surface area contributed by atoms with Gasteiger partial charge in [0.25, 0.3) is 11.5 Å². The molecule has 0 spiro atoms. The molecular weight excluding hydrogens is 461 g/mol. The molecule has 4 rings (SSSR count). The Hall–Kier alpha value is -4.41. The summed E-state index contributed by atoms with van der Waals surface area (Å²) in [6.45, 7) is 1.53. The topological polar surface area (TPSA) is 108 Å². The number of carbonyl (C=O) groups is 1. The van der Waals surface area contributed by atoms with Crippen molar-refractivity contribution in [2.75, 3.05) is 5.73 Å². The lowest BCUT2D eigenvalue weighted by Crippen LogP contribution is -2.30. The van der Waals surface area contributed by atoms with Crippen molar-refractivity contribution < 1.29 is 18.0 Å². The van der Waals surface area contributed by atoms with Gasteiger partial charge in [-0.2, -0.15) is 28.1 Å². The monoisotopic (exact) mass is 482 g/mol. The Labute approximate surface area is 197 Å². The van der Waals surface area contributed by atoms with E-state index in [0.29, 0.717) is 5.69 Å². The van der Waals surface area contributed by atoms with Gasteiger partial charge in [0.1, 0.15) is 5.69 Å². The molecule has 35 heavy (non-hydrogen) atoms. The quantitative estimate of drug-likeness (QED) is 0.422. The largest absolute Gasteiger partial charge is 0.416 e. The molecule has 0 fully saturated rings. The van der Waals surface area contributed by atoms with Gasteiger partial charge in [-0.25, -0.2) is 0 Å². The molecule has 0 unspecified atom stereocenters. The van der Waals surface area contributed by atoms with Gasteiger partial charge in [-0.05, 0) is 54.4 Å². The Morgan fingerprint density at radius 2 is 1.86 bits per heavy atom. The third-order valence-corrected chi connectivity index (χ3v) is 5.31. The molecule has 0 aliphatic heterocycles. The first-order valence-corrected chi connectivity index (χ1v) is 10.5. The van der Waals surface area contributed by atoms with E-state index in [1.807, 2.05) is 12.3 Å². The predicted molar refractivity (Wildman–Crippen MR) is 124 cm³/mol. The average Bonchev–Trinajstić information content (AvgIpc) is 3.24. The number of nitrogens with two attached hydrogens (primary N) is 1. The molecule has 0 radical (unpaired) electrons. The van der Waals surface area contributed by atoms with E-state index in [1.54, 1.807) is 36.1 Å². The van der Waals surface area contributed by atoms with Crippen molar-refractivity contribution in [3.05, 3.63) is 94.2 Å². The van der Waals surface area contributed by atoms with Gasteiger partial charge in [0.05, 0.1) is 23.5 Å². The Bertz CT molecular complexity index is 1460. The van der Waals surface area contributed by atoms with Crippen LogP contribution in [0.2, 0.25) is 0 Å². The van der Waals surface area contributed by atoms with Crippen molar-refractivity contribution in [1.82, 2.24) is 24.9 Å². The van der Waals surface area contributed by atoms with E-state index in [9.17, 15) is 22.8 Å². The van der Waals surface area contributed by atoms with E-state index >= 15 is 0 Å². The third kappa shape index (κ3) is 5.24. The number of anilines is 1. The highest BCUT2D eigenvalue weighted by molar-refractivity contribution is 5.92. The van der Waals surface area contributed by atoms with Crippen molar-refractivity contribution in [1.29, 1.82) is 0 Å². The highest BCUT2D eigenvalue weighted by atomic mass is 19.4. The number of nitrogens with zero attached hydrogens (tertiary/aromatic N) is 4. The van der Waals surface area contributed by atoms with Crippen molar-refractivity contribution in [3.8, 4) is 16.8 Å². The molecule has 0 saturated heterocycles. The van der Waals surface area contributed by atoms with Crippen LogP contribution in [-0.2, 0) is 13.2 Å². The number of rotatable bonds is 5. The number of alkyl halides is 3. The fraction of sp³-hybridized carbons (Fsp3) is 0.167. The first-order chi connectivity index (χ1) is 16.5. The van der Waals surface area contributed by atoms with E-state index in [1.165, 1.54) is 25.1 Å². The number of aromatic nitrogens is 4. The van der Waals surface area contributed by atoms with Crippen LogP contribution in [0.25, 0.3) is 16.8 Å². The molecule has 2 heterocycles. The molecule has 180 valence electrons. The van der Waals surface area contributed by atoms with Crippen LogP contribution in [-0.4, -0.2) is 25.5 Å². The summed E-state index contributed by atoms with van der Waals surface area (Å²) < 4.78 is 42.1. The predicted octanol–water partition coefficient (Wildman–Crippen LogP) is 3.73. The maximum absolute atomic E-state index is 13.1. The van der Waals surface area contributed by atoms with Gasteiger partial charge in [-0.3, -0.25) is 14.3 Å². The Morgan fingerprint density at radius 1 is 1.09 bits per heavy atom. The Balaban J connectivity index is 1.60. The molecule has 8 nitrogen and oxygen atoms in total. The number of benzene rings is 2. The highest BCUT2D eigenvalue weighted by Crippen LogP contribution is 2.32. The maximum Gasteiger partial charge on any atom is 0.416 e. The summed E-state index contributed by atoms with van der Waals surface area (Å²) in [6.07, 6.45) is -1.07. The van der Waals surface area contributed by atoms with Crippen LogP contribution < -0.4 is 16.6 Å². The number of nitrogens with one attached hydrogen (secondary N) is 1. The minimum atomic E-state index is -4.57. The molecule has 0 saturated carbocycles. The summed E-state index contributed by atoms with van der Waals surface area (Å²) in [5.74, 6) is -0.661. The van der Waals surface area contributed by atoms with Crippen LogP contribution in [0.4, 0.5) is 18.9 Å². The lowest BCUT2D eigenvalue weighted by molar-refractivity contribution is -0.137. The summed E-state index contributed by atoms with van der Waals surface area (Å²) in [5, 5.41) is 10.9. The number of hydrogen-bond donors (Lipinski definition) is 2. The molecule has 2 aromatic heterocycles.